The Morgan fingerprint density at radius 3 is 3.00 bits per heavy atom. The minimum Gasteiger partial charge on any atom is -0.306 e. The van der Waals surface area contributed by atoms with E-state index in [1.54, 1.807) is 0 Å². The molecular weight excluding hydrogens is 178 g/mol. The van der Waals surface area contributed by atoms with Crippen molar-refractivity contribution in [3.63, 3.8) is 0 Å². The number of hydrogen-bond acceptors (Lipinski definition) is 2. The zero-order valence-electron chi connectivity index (χ0n) is 8.29. The fourth-order valence-electron chi connectivity index (χ4n) is 1.26. The normalized spacial score (nSPS) is 13.7. The standard InChI is InChI=1S/C11H17NS/c1-3-5-8-12-10(4-2)11-7-6-9-13-11/h3,5-7,9-10,12H,4,8H2,1-2H3/b5-3+. The molecule has 0 saturated heterocycles. The van der Waals surface area contributed by atoms with Crippen LogP contribution in [0.3, 0.4) is 0 Å². The van der Waals surface area contributed by atoms with E-state index in [2.05, 4.69) is 41.9 Å². The smallest absolute Gasteiger partial charge is 0.0414 e. The third-order valence-electron chi connectivity index (χ3n) is 2.01. The summed E-state index contributed by atoms with van der Waals surface area (Å²) in [6.45, 7) is 5.23. The maximum atomic E-state index is 3.50. The topological polar surface area (TPSA) is 12.0 Å². The molecule has 0 aromatic carbocycles. The molecule has 1 aromatic rings. The Bertz CT molecular complexity index is 239. The highest BCUT2D eigenvalue weighted by Gasteiger charge is 2.07. The number of hydrogen-bond donors (Lipinski definition) is 1. The van der Waals surface area contributed by atoms with Gasteiger partial charge in [0, 0.05) is 17.5 Å². The lowest BCUT2D eigenvalue weighted by atomic mass is 10.2. The molecule has 0 amide bonds. The molecule has 1 nitrogen and oxygen atoms in total. The molecule has 13 heavy (non-hydrogen) atoms. The maximum Gasteiger partial charge on any atom is 0.0414 e. The van der Waals surface area contributed by atoms with E-state index < -0.39 is 0 Å². The molecule has 0 radical (unpaired) electrons. The van der Waals surface area contributed by atoms with E-state index in [0.29, 0.717) is 6.04 Å². The van der Waals surface area contributed by atoms with Gasteiger partial charge in [0.05, 0.1) is 0 Å². The third kappa shape index (κ3) is 3.33. The fourth-order valence-corrected chi connectivity index (χ4v) is 2.15. The van der Waals surface area contributed by atoms with Crippen LogP contribution in [-0.2, 0) is 0 Å². The van der Waals surface area contributed by atoms with E-state index in [9.17, 15) is 0 Å². The molecule has 0 saturated carbocycles. The zero-order valence-corrected chi connectivity index (χ0v) is 9.10. The van der Waals surface area contributed by atoms with Gasteiger partial charge in [-0.05, 0) is 24.8 Å². The summed E-state index contributed by atoms with van der Waals surface area (Å²) in [7, 11) is 0. The summed E-state index contributed by atoms with van der Waals surface area (Å²) in [5.74, 6) is 0. The van der Waals surface area contributed by atoms with Crippen LogP contribution in [0.4, 0.5) is 0 Å². The predicted molar refractivity (Wildman–Crippen MR) is 60.2 cm³/mol. The van der Waals surface area contributed by atoms with Crippen LogP contribution >= 0.6 is 11.3 Å². The second kappa shape index (κ2) is 5.95. The van der Waals surface area contributed by atoms with Gasteiger partial charge >= 0.3 is 0 Å². The Morgan fingerprint density at radius 1 is 1.62 bits per heavy atom. The van der Waals surface area contributed by atoms with Gasteiger partial charge in [-0.1, -0.05) is 25.1 Å². The quantitative estimate of drug-likeness (QED) is 0.710. The third-order valence-corrected chi connectivity index (χ3v) is 3.00. The van der Waals surface area contributed by atoms with E-state index in [1.807, 2.05) is 18.3 Å². The fraction of sp³-hybridized carbons (Fsp3) is 0.455. The molecule has 1 aromatic heterocycles. The van der Waals surface area contributed by atoms with Gasteiger partial charge in [-0.25, -0.2) is 0 Å². The van der Waals surface area contributed by atoms with E-state index in [4.69, 9.17) is 0 Å². The highest BCUT2D eigenvalue weighted by atomic mass is 32.1. The summed E-state index contributed by atoms with van der Waals surface area (Å²) >= 11 is 1.83. The Balaban J connectivity index is 2.44. The van der Waals surface area contributed by atoms with Gasteiger partial charge in [-0.3, -0.25) is 0 Å². The van der Waals surface area contributed by atoms with Gasteiger partial charge < -0.3 is 5.32 Å². The van der Waals surface area contributed by atoms with Gasteiger partial charge in [-0.2, -0.15) is 0 Å². The molecule has 1 atom stereocenters. The molecule has 0 spiro atoms. The average Bonchev–Trinajstić information content (AvgIpc) is 2.65. The van der Waals surface area contributed by atoms with Crippen molar-refractivity contribution in [2.45, 2.75) is 26.3 Å². The first-order chi connectivity index (χ1) is 6.38. The van der Waals surface area contributed by atoms with Crippen LogP contribution in [0.2, 0.25) is 0 Å². The van der Waals surface area contributed by atoms with E-state index in [0.717, 1.165) is 13.0 Å². The Hall–Kier alpha value is -0.600. The molecule has 72 valence electrons. The van der Waals surface area contributed by atoms with E-state index in [-0.39, 0.29) is 0 Å². The number of rotatable bonds is 5. The monoisotopic (exact) mass is 195 g/mol. The molecule has 0 bridgehead atoms. The van der Waals surface area contributed by atoms with Crippen molar-refractivity contribution in [1.29, 1.82) is 0 Å². The van der Waals surface area contributed by atoms with Gasteiger partial charge in [0.1, 0.15) is 0 Å². The first kappa shape index (κ1) is 10.5. The van der Waals surface area contributed by atoms with E-state index in [1.165, 1.54) is 4.88 Å². The van der Waals surface area contributed by atoms with Crippen molar-refractivity contribution < 1.29 is 0 Å². The van der Waals surface area contributed by atoms with Gasteiger partial charge in [0.2, 0.25) is 0 Å². The van der Waals surface area contributed by atoms with Crippen molar-refractivity contribution in [2.75, 3.05) is 6.54 Å². The molecule has 0 aliphatic carbocycles. The lowest BCUT2D eigenvalue weighted by molar-refractivity contribution is 0.560. The van der Waals surface area contributed by atoms with Crippen LogP contribution in [-0.4, -0.2) is 6.54 Å². The molecule has 1 rings (SSSR count). The van der Waals surface area contributed by atoms with Gasteiger partial charge in [0.15, 0.2) is 0 Å². The molecule has 1 heterocycles. The van der Waals surface area contributed by atoms with E-state index >= 15 is 0 Å². The highest BCUT2D eigenvalue weighted by Crippen LogP contribution is 2.21. The second-order valence-corrected chi connectivity index (χ2v) is 3.93. The molecule has 0 aliphatic rings. The summed E-state index contributed by atoms with van der Waals surface area (Å²) in [6, 6.07) is 4.83. The largest absolute Gasteiger partial charge is 0.306 e. The Labute approximate surface area is 84.5 Å². The molecular formula is C11H17NS. The maximum absolute atomic E-state index is 3.50. The lowest BCUT2D eigenvalue weighted by Gasteiger charge is -2.13. The van der Waals surface area contributed by atoms with Crippen molar-refractivity contribution in [3.05, 3.63) is 34.5 Å². The van der Waals surface area contributed by atoms with Crippen LogP contribution in [0.1, 0.15) is 31.2 Å². The van der Waals surface area contributed by atoms with Crippen molar-refractivity contribution >= 4 is 11.3 Å². The number of thiophene rings is 1. The van der Waals surface area contributed by atoms with Crippen LogP contribution in [0, 0.1) is 0 Å². The summed E-state index contributed by atoms with van der Waals surface area (Å²) in [5.41, 5.74) is 0. The van der Waals surface area contributed by atoms with Crippen LogP contribution in [0.15, 0.2) is 29.7 Å². The van der Waals surface area contributed by atoms with Crippen LogP contribution in [0.5, 0.6) is 0 Å². The van der Waals surface area contributed by atoms with Crippen LogP contribution < -0.4 is 5.32 Å². The zero-order chi connectivity index (χ0) is 9.52. The number of nitrogens with one attached hydrogen (secondary N) is 1. The van der Waals surface area contributed by atoms with Gasteiger partial charge in [-0.15, -0.1) is 11.3 Å². The Morgan fingerprint density at radius 2 is 2.46 bits per heavy atom. The van der Waals surface area contributed by atoms with Gasteiger partial charge in [0.25, 0.3) is 0 Å². The average molecular weight is 195 g/mol. The second-order valence-electron chi connectivity index (χ2n) is 2.95. The summed E-state index contributed by atoms with van der Waals surface area (Å²) in [4.78, 5) is 1.44. The molecule has 0 aliphatic heterocycles. The van der Waals surface area contributed by atoms with Crippen molar-refractivity contribution in [2.24, 2.45) is 0 Å². The molecule has 1 N–H and O–H groups in total. The summed E-state index contributed by atoms with van der Waals surface area (Å²) in [6.07, 6.45) is 5.38. The molecule has 1 unspecified atom stereocenters. The predicted octanol–water partition coefficient (Wildman–Crippen LogP) is 3.36. The lowest BCUT2D eigenvalue weighted by Crippen LogP contribution is -2.19. The first-order valence-corrected chi connectivity index (χ1v) is 5.64. The Kier molecular flexibility index (Phi) is 4.79. The van der Waals surface area contributed by atoms with Crippen LogP contribution in [0.25, 0.3) is 0 Å². The highest BCUT2D eigenvalue weighted by molar-refractivity contribution is 7.10. The first-order valence-electron chi connectivity index (χ1n) is 4.76. The number of allylic oxidation sites excluding steroid dienone is 1. The van der Waals surface area contributed by atoms with Crippen molar-refractivity contribution in [3.8, 4) is 0 Å². The summed E-state index contributed by atoms with van der Waals surface area (Å²) in [5, 5.41) is 5.63. The molecule has 0 fully saturated rings. The minimum atomic E-state index is 0.524. The molecule has 2 heteroatoms. The SMILES string of the molecule is C/C=C/CNC(CC)c1cccs1. The minimum absolute atomic E-state index is 0.524. The summed E-state index contributed by atoms with van der Waals surface area (Å²) < 4.78 is 0. The van der Waals surface area contributed by atoms with Crippen molar-refractivity contribution in [1.82, 2.24) is 5.32 Å².